The molecule has 1 aromatic heterocycles. The van der Waals surface area contributed by atoms with Gasteiger partial charge in [-0.2, -0.15) is 0 Å². The Balaban J connectivity index is -0.0000000833. The van der Waals surface area contributed by atoms with Gasteiger partial charge in [-0.3, -0.25) is 0 Å². The monoisotopic (exact) mass is 151 g/mol. The van der Waals surface area contributed by atoms with Gasteiger partial charge in [0, 0.05) is 16.8 Å². The molecule has 1 heterocycles. The number of hydrogen-bond donors (Lipinski definition) is 0. The molecule has 0 aliphatic heterocycles. The van der Waals surface area contributed by atoms with E-state index in [9.17, 15) is 0 Å². The standard InChI is InChI=1S/C4H5P.Co.Li.H/c1-2-4-5-3-1;;;/h1-5H;;;/q;;+1;-1. The van der Waals surface area contributed by atoms with E-state index in [2.05, 4.69) is 23.7 Å². The molecule has 0 N–H and O–H groups in total. The Bertz CT molecular complexity index is 72.5. The summed E-state index contributed by atoms with van der Waals surface area (Å²) >= 11 is 0. The van der Waals surface area contributed by atoms with Gasteiger partial charge in [-0.1, -0.05) is 12.1 Å². The molecule has 7 heavy (non-hydrogen) atoms. The maximum absolute atomic E-state index is 2.15. The molecule has 0 fully saturated rings. The van der Waals surface area contributed by atoms with Crippen LogP contribution in [0.5, 0.6) is 0 Å². The molecular weight excluding hydrogens is 145 g/mol. The quantitative estimate of drug-likeness (QED) is 0.410. The summed E-state index contributed by atoms with van der Waals surface area (Å²) in [5.74, 6) is 4.31. The van der Waals surface area contributed by atoms with Crippen molar-refractivity contribution < 1.29 is 37.1 Å². The molecule has 0 unspecified atom stereocenters. The van der Waals surface area contributed by atoms with E-state index in [-0.39, 0.29) is 37.1 Å². The van der Waals surface area contributed by atoms with Crippen LogP contribution in [0.3, 0.4) is 0 Å². The maximum atomic E-state index is 2.15. The molecule has 0 saturated heterocycles. The molecule has 0 aliphatic rings. The van der Waals surface area contributed by atoms with Crippen LogP contribution in [0.1, 0.15) is 1.43 Å². The van der Waals surface area contributed by atoms with E-state index >= 15 is 0 Å². The molecule has 1 radical (unpaired) electrons. The minimum Gasteiger partial charge on any atom is -1.00 e. The summed E-state index contributed by atoms with van der Waals surface area (Å²) in [5.41, 5.74) is 0. The Morgan fingerprint density at radius 2 is 1.57 bits per heavy atom. The minimum absolute atomic E-state index is 0. The second-order valence-corrected chi connectivity index (χ2v) is 1.88. The molecule has 1 rings (SSSR count). The van der Waals surface area contributed by atoms with Crippen LogP contribution in [0.2, 0.25) is 0 Å². The molecule has 0 aliphatic carbocycles. The van der Waals surface area contributed by atoms with Gasteiger partial charge in [0.25, 0.3) is 0 Å². The fourth-order valence-corrected chi connectivity index (χ4v) is 0.833. The van der Waals surface area contributed by atoms with E-state index in [0.29, 0.717) is 0 Å². The molecular formula is C4H6CoLiP. The zero-order chi connectivity index (χ0) is 3.54. The Morgan fingerprint density at radius 3 is 1.71 bits per heavy atom. The van der Waals surface area contributed by atoms with Gasteiger partial charge in [0.05, 0.1) is 0 Å². The Hall–Kier alpha value is 0.884. The largest absolute Gasteiger partial charge is 1.00 e. The third-order valence-electron chi connectivity index (χ3n) is 0.496. The van der Waals surface area contributed by atoms with Gasteiger partial charge < -0.3 is 1.43 Å². The van der Waals surface area contributed by atoms with Gasteiger partial charge in [-0.25, -0.2) is 0 Å². The van der Waals surface area contributed by atoms with Crippen LogP contribution in [0.15, 0.2) is 23.7 Å². The van der Waals surface area contributed by atoms with E-state index in [4.69, 9.17) is 0 Å². The second-order valence-electron chi connectivity index (χ2n) is 0.885. The fraction of sp³-hybridized carbons (Fsp3) is 0. The molecule has 0 bridgehead atoms. The Kier molecular flexibility index (Phi) is 10.6. The Morgan fingerprint density at radius 1 is 1.14 bits per heavy atom. The van der Waals surface area contributed by atoms with Crippen molar-refractivity contribution in [3.63, 3.8) is 0 Å². The molecule has 0 atom stereocenters. The van der Waals surface area contributed by atoms with E-state index < -0.39 is 0 Å². The first-order valence-electron chi connectivity index (χ1n) is 1.58. The average Bonchev–Trinajstić information content (AvgIpc) is 1.76. The summed E-state index contributed by atoms with van der Waals surface area (Å²) in [6, 6.07) is 4.14. The van der Waals surface area contributed by atoms with E-state index in [1.165, 1.54) is 0 Å². The van der Waals surface area contributed by atoms with Gasteiger partial charge in [0.2, 0.25) is 0 Å². The molecule has 37 valence electrons. The van der Waals surface area contributed by atoms with Crippen LogP contribution in [0, 0.1) is 0 Å². The SMILES string of the molecule is [Co].[H-].[Li+].c1cc[pH]c1. The first-order chi connectivity index (χ1) is 2.50. The summed E-state index contributed by atoms with van der Waals surface area (Å²) in [7, 11) is 0.948. The van der Waals surface area contributed by atoms with E-state index in [1.807, 2.05) is 0 Å². The molecule has 0 nitrogen and oxygen atoms in total. The van der Waals surface area contributed by atoms with Crippen molar-refractivity contribution >= 4 is 8.19 Å². The zero-order valence-corrected chi connectivity index (χ0v) is 6.18. The summed E-state index contributed by atoms with van der Waals surface area (Å²) in [6.07, 6.45) is 0. The smallest absolute Gasteiger partial charge is 1.00 e. The van der Waals surface area contributed by atoms with E-state index in [1.54, 1.807) is 0 Å². The van der Waals surface area contributed by atoms with Crippen molar-refractivity contribution in [3.05, 3.63) is 23.7 Å². The first kappa shape index (κ1) is 10.8. The minimum atomic E-state index is 0. The van der Waals surface area contributed by atoms with Crippen molar-refractivity contribution in [2.24, 2.45) is 0 Å². The molecule has 1 aromatic rings. The summed E-state index contributed by atoms with van der Waals surface area (Å²) < 4.78 is 0. The molecule has 3 heteroatoms. The third-order valence-corrected chi connectivity index (χ3v) is 1.27. The van der Waals surface area contributed by atoms with Gasteiger partial charge in [-0.05, 0) is 11.6 Å². The topological polar surface area (TPSA) is 0 Å². The first-order valence-corrected chi connectivity index (χ1v) is 2.73. The van der Waals surface area contributed by atoms with Gasteiger partial charge >= 0.3 is 18.9 Å². The second kappa shape index (κ2) is 6.88. The summed E-state index contributed by atoms with van der Waals surface area (Å²) in [6.45, 7) is 0. The van der Waals surface area contributed by atoms with Crippen LogP contribution in [0.25, 0.3) is 0 Å². The van der Waals surface area contributed by atoms with Gasteiger partial charge in [0.15, 0.2) is 0 Å². The van der Waals surface area contributed by atoms with Crippen molar-refractivity contribution in [2.75, 3.05) is 0 Å². The molecule has 0 amide bonds. The average molecular weight is 151 g/mol. The van der Waals surface area contributed by atoms with Crippen LogP contribution >= 0.6 is 8.19 Å². The Labute approximate surface area is 69.0 Å². The zero-order valence-electron chi connectivity index (χ0n) is 5.14. The van der Waals surface area contributed by atoms with Crippen molar-refractivity contribution in [3.8, 4) is 0 Å². The predicted octanol–water partition coefficient (Wildman–Crippen LogP) is -1.17. The number of rotatable bonds is 0. The summed E-state index contributed by atoms with van der Waals surface area (Å²) in [5, 5.41) is 0. The van der Waals surface area contributed by atoms with Crippen molar-refractivity contribution in [1.82, 2.24) is 0 Å². The van der Waals surface area contributed by atoms with Crippen LogP contribution in [0.4, 0.5) is 0 Å². The molecule has 0 saturated carbocycles. The van der Waals surface area contributed by atoms with Crippen LogP contribution in [-0.4, -0.2) is 0 Å². The van der Waals surface area contributed by atoms with Gasteiger partial charge in [0.1, 0.15) is 0 Å². The van der Waals surface area contributed by atoms with Crippen LogP contribution in [-0.2, 0) is 16.8 Å². The van der Waals surface area contributed by atoms with Crippen molar-refractivity contribution in [1.29, 1.82) is 0 Å². The molecule has 0 spiro atoms. The van der Waals surface area contributed by atoms with Crippen LogP contribution < -0.4 is 18.9 Å². The normalized spacial score (nSPS) is 5.71. The number of hydrogen-bond acceptors (Lipinski definition) is 0. The summed E-state index contributed by atoms with van der Waals surface area (Å²) in [4.78, 5) is 0. The third kappa shape index (κ3) is 4.74. The van der Waals surface area contributed by atoms with Crippen molar-refractivity contribution in [2.45, 2.75) is 0 Å². The predicted molar refractivity (Wildman–Crippen MR) is 27.1 cm³/mol. The maximum Gasteiger partial charge on any atom is 1.00 e. The van der Waals surface area contributed by atoms with E-state index in [0.717, 1.165) is 8.19 Å². The molecule has 0 aromatic carbocycles. The van der Waals surface area contributed by atoms with Gasteiger partial charge in [-0.15, -0.1) is 8.19 Å². The fourth-order valence-electron chi connectivity index (χ4n) is 0.278.